The summed E-state index contributed by atoms with van der Waals surface area (Å²) in [5, 5.41) is 20.2. The molecule has 6 nitrogen and oxygen atoms in total. The molecule has 0 aliphatic carbocycles. The van der Waals surface area contributed by atoms with E-state index < -0.39 is 16.3 Å². The second kappa shape index (κ2) is 6.36. The number of carboxylic acids is 1. The summed E-state index contributed by atoms with van der Waals surface area (Å²) >= 11 is 0. The first-order valence-electron chi connectivity index (χ1n) is 6.38. The molecule has 1 rings (SSSR count). The topological polar surface area (TPSA) is 89.7 Å². The molecular weight excluding hydrogens is 262 g/mol. The summed E-state index contributed by atoms with van der Waals surface area (Å²) in [7, 11) is 1.42. The lowest BCUT2D eigenvalue weighted by Crippen LogP contribution is -2.29. The molecule has 0 amide bonds. The minimum atomic E-state index is -0.936. The van der Waals surface area contributed by atoms with Gasteiger partial charge in [0.15, 0.2) is 0 Å². The number of methoxy groups -OCH3 is 1. The third-order valence-electron chi connectivity index (χ3n) is 3.31. The van der Waals surface area contributed by atoms with Crippen LogP contribution in [-0.2, 0) is 11.2 Å². The van der Waals surface area contributed by atoms with E-state index in [0.29, 0.717) is 17.7 Å². The molecule has 1 N–H and O–H groups in total. The highest BCUT2D eigenvalue weighted by Gasteiger charge is 2.32. The van der Waals surface area contributed by atoms with Crippen molar-refractivity contribution in [2.75, 3.05) is 7.11 Å². The van der Waals surface area contributed by atoms with Crippen molar-refractivity contribution in [3.63, 3.8) is 0 Å². The van der Waals surface area contributed by atoms with E-state index in [9.17, 15) is 20.0 Å². The first kappa shape index (κ1) is 15.9. The molecule has 110 valence electrons. The summed E-state index contributed by atoms with van der Waals surface area (Å²) in [4.78, 5) is 21.8. The van der Waals surface area contributed by atoms with E-state index in [4.69, 9.17) is 4.74 Å². The maximum atomic E-state index is 11.4. The van der Waals surface area contributed by atoms with Crippen LogP contribution in [0.3, 0.4) is 0 Å². The van der Waals surface area contributed by atoms with Crippen molar-refractivity contribution in [1.29, 1.82) is 0 Å². The second-order valence-electron chi connectivity index (χ2n) is 5.09. The zero-order valence-electron chi connectivity index (χ0n) is 11.9. The summed E-state index contributed by atoms with van der Waals surface area (Å²) < 4.78 is 5.03. The Balaban J connectivity index is 3.15. The van der Waals surface area contributed by atoms with Gasteiger partial charge in [0.1, 0.15) is 5.75 Å². The Labute approximate surface area is 117 Å². The van der Waals surface area contributed by atoms with Crippen LogP contribution in [0.25, 0.3) is 0 Å². The molecule has 0 radical (unpaired) electrons. The van der Waals surface area contributed by atoms with Gasteiger partial charge < -0.3 is 9.84 Å². The van der Waals surface area contributed by atoms with Crippen LogP contribution in [0.1, 0.15) is 32.3 Å². The zero-order chi connectivity index (χ0) is 15.3. The summed E-state index contributed by atoms with van der Waals surface area (Å²) in [6.45, 7) is 3.57. The molecule has 1 aromatic rings. The maximum Gasteiger partial charge on any atom is 0.309 e. The SMILES string of the molecule is CCCC(C)(Cc1cc(OC)cc([N+](=O)[O-])c1)C(=O)O. The number of hydrogen-bond acceptors (Lipinski definition) is 4. The van der Waals surface area contributed by atoms with Crippen LogP contribution in [0.4, 0.5) is 5.69 Å². The molecule has 0 aliphatic heterocycles. The van der Waals surface area contributed by atoms with Gasteiger partial charge >= 0.3 is 5.97 Å². The second-order valence-corrected chi connectivity index (χ2v) is 5.09. The predicted molar refractivity (Wildman–Crippen MR) is 74.0 cm³/mol. The van der Waals surface area contributed by atoms with Crippen LogP contribution in [-0.4, -0.2) is 23.1 Å². The van der Waals surface area contributed by atoms with Crippen LogP contribution >= 0.6 is 0 Å². The van der Waals surface area contributed by atoms with Crippen molar-refractivity contribution in [2.45, 2.75) is 33.1 Å². The van der Waals surface area contributed by atoms with Crippen LogP contribution in [0, 0.1) is 15.5 Å². The van der Waals surface area contributed by atoms with Crippen LogP contribution in [0.2, 0.25) is 0 Å². The van der Waals surface area contributed by atoms with Gasteiger partial charge in [0.25, 0.3) is 5.69 Å². The third kappa shape index (κ3) is 3.69. The van der Waals surface area contributed by atoms with E-state index in [2.05, 4.69) is 0 Å². The Hall–Kier alpha value is -2.11. The lowest BCUT2D eigenvalue weighted by Gasteiger charge is -2.24. The van der Waals surface area contributed by atoms with Gasteiger partial charge in [-0.2, -0.15) is 0 Å². The molecule has 20 heavy (non-hydrogen) atoms. The molecule has 0 fully saturated rings. The number of carbonyl (C=O) groups is 1. The lowest BCUT2D eigenvalue weighted by molar-refractivity contribution is -0.385. The van der Waals surface area contributed by atoms with Crippen LogP contribution in [0.5, 0.6) is 5.75 Å². The normalized spacial score (nSPS) is 13.6. The maximum absolute atomic E-state index is 11.4. The Morgan fingerprint density at radius 2 is 2.10 bits per heavy atom. The van der Waals surface area contributed by atoms with Gasteiger partial charge in [0.2, 0.25) is 0 Å². The number of nitro benzene ring substituents is 1. The van der Waals surface area contributed by atoms with Gasteiger partial charge in [0.05, 0.1) is 23.5 Å². The minimum Gasteiger partial charge on any atom is -0.496 e. The number of nitro groups is 1. The molecule has 6 heteroatoms. The molecule has 0 bridgehead atoms. The molecule has 0 heterocycles. The quantitative estimate of drug-likeness (QED) is 0.612. The minimum absolute atomic E-state index is 0.0939. The molecule has 0 aliphatic rings. The third-order valence-corrected chi connectivity index (χ3v) is 3.31. The first-order chi connectivity index (χ1) is 9.32. The molecule has 0 saturated carbocycles. The molecule has 1 unspecified atom stereocenters. The van der Waals surface area contributed by atoms with Crippen molar-refractivity contribution < 1.29 is 19.6 Å². The van der Waals surface area contributed by atoms with E-state index in [1.807, 2.05) is 6.92 Å². The van der Waals surface area contributed by atoms with Gasteiger partial charge in [-0.1, -0.05) is 13.3 Å². The van der Waals surface area contributed by atoms with Crippen LogP contribution in [0.15, 0.2) is 18.2 Å². The number of benzene rings is 1. The van der Waals surface area contributed by atoms with E-state index in [-0.39, 0.29) is 12.1 Å². The van der Waals surface area contributed by atoms with Gasteiger partial charge in [0, 0.05) is 6.07 Å². The van der Waals surface area contributed by atoms with E-state index in [1.54, 1.807) is 13.0 Å². The smallest absolute Gasteiger partial charge is 0.309 e. The average molecular weight is 281 g/mol. The number of carboxylic acid groups (broad SMARTS) is 1. The highest BCUT2D eigenvalue weighted by atomic mass is 16.6. The Morgan fingerprint density at radius 3 is 2.55 bits per heavy atom. The van der Waals surface area contributed by atoms with Gasteiger partial charge in [-0.25, -0.2) is 0 Å². The number of nitrogens with zero attached hydrogens (tertiary/aromatic N) is 1. The fraction of sp³-hybridized carbons (Fsp3) is 0.500. The number of non-ortho nitro benzene ring substituents is 1. The summed E-state index contributed by atoms with van der Waals surface area (Å²) in [6, 6.07) is 4.37. The van der Waals surface area contributed by atoms with Gasteiger partial charge in [-0.15, -0.1) is 0 Å². The van der Waals surface area contributed by atoms with Crippen molar-refractivity contribution in [2.24, 2.45) is 5.41 Å². The summed E-state index contributed by atoms with van der Waals surface area (Å²) in [5.74, 6) is -0.539. The number of rotatable bonds is 7. The average Bonchev–Trinajstić information content (AvgIpc) is 2.38. The fourth-order valence-electron chi connectivity index (χ4n) is 2.24. The summed E-state index contributed by atoms with van der Waals surface area (Å²) in [5.41, 5.74) is -0.437. The fourth-order valence-corrected chi connectivity index (χ4v) is 2.24. The van der Waals surface area contributed by atoms with Crippen molar-refractivity contribution in [3.05, 3.63) is 33.9 Å². The van der Waals surface area contributed by atoms with Gasteiger partial charge in [-0.3, -0.25) is 14.9 Å². The van der Waals surface area contributed by atoms with Gasteiger partial charge in [-0.05, 0) is 31.4 Å². The molecule has 0 aromatic heterocycles. The molecule has 0 spiro atoms. The number of ether oxygens (including phenoxy) is 1. The Bertz CT molecular complexity index is 514. The first-order valence-corrected chi connectivity index (χ1v) is 6.38. The Kier molecular flexibility index (Phi) is 5.07. The van der Waals surface area contributed by atoms with Crippen molar-refractivity contribution in [3.8, 4) is 5.75 Å². The van der Waals surface area contributed by atoms with Crippen molar-refractivity contribution in [1.82, 2.24) is 0 Å². The zero-order valence-corrected chi connectivity index (χ0v) is 11.9. The lowest BCUT2D eigenvalue weighted by atomic mass is 9.80. The molecular formula is C14H19NO5. The highest BCUT2D eigenvalue weighted by molar-refractivity contribution is 5.74. The van der Waals surface area contributed by atoms with Crippen molar-refractivity contribution >= 4 is 11.7 Å². The largest absolute Gasteiger partial charge is 0.496 e. The van der Waals surface area contributed by atoms with E-state index in [1.165, 1.54) is 19.2 Å². The van der Waals surface area contributed by atoms with Crippen LogP contribution < -0.4 is 4.74 Å². The molecule has 1 atom stereocenters. The number of hydrogen-bond donors (Lipinski definition) is 1. The standard InChI is InChI=1S/C14H19NO5/c1-4-5-14(2,13(16)17)9-10-6-11(15(18)19)8-12(7-10)20-3/h6-8H,4-5,9H2,1-3H3,(H,16,17). The monoisotopic (exact) mass is 281 g/mol. The molecule has 1 aromatic carbocycles. The summed E-state index contributed by atoms with van der Waals surface area (Å²) in [6.07, 6.45) is 1.47. The number of aliphatic carboxylic acids is 1. The van der Waals surface area contributed by atoms with E-state index in [0.717, 1.165) is 6.42 Å². The Morgan fingerprint density at radius 1 is 1.45 bits per heavy atom. The predicted octanol–water partition coefficient (Wildman–Crippen LogP) is 3.04. The van der Waals surface area contributed by atoms with E-state index >= 15 is 0 Å². The molecule has 0 saturated heterocycles. The highest BCUT2D eigenvalue weighted by Crippen LogP contribution is 2.32.